The summed E-state index contributed by atoms with van der Waals surface area (Å²) in [6.07, 6.45) is 0. The summed E-state index contributed by atoms with van der Waals surface area (Å²) >= 11 is 6.13. The van der Waals surface area contributed by atoms with Gasteiger partial charge in [-0.25, -0.2) is 0 Å². The molecule has 0 saturated carbocycles. The summed E-state index contributed by atoms with van der Waals surface area (Å²) in [4.78, 5) is 4.54. The molecular formula is C17H16ClN3. The smallest absolute Gasteiger partial charge is 0.0991 e. The lowest BCUT2D eigenvalue weighted by atomic mass is 10.1. The minimum absolute atomic E-state index is 0.704. The van der Waals surface area contributed by atoms with E-state index < -0.39 is 0 Å². The van der Waals surface area contributed by atoms with Gasteiger partial charge in [-0.15, -0.1) is 0 Å². The van der Waals surface area contributed by atoms with Crippen molar-refractivity contribution in [2.45, 2.75) is 6.54 Å². The van der Waals surface area contributed by atoms with Crippen LogP contribution in [0.5, 0.6) is 0 Å². The molecular weight excluding hydrogens is 282 g/mol. The number of halogens is 1. The van der Waals surface area contributed by atoms with E-state index in [1.807, 2.05) is 36.4 Å². The van der Waals surface area contributed by atoms with E-state index in [0.29, 0.717) is 5.56 Å². The zero-order chi connectivity index (χ0) is 14.8. The van der Waals surface area contributed by atoms with Crippen molar-refractivity contribution < 1.29 is 0 Å². The summed E-state index contributed by atoms with van der Waals surface area (Å²) in [6, 6.07) is 16.0. The molecule has 0 fully saturated rings. The van der Waals surface area contributed by atoms with E-state index in [0.717, 1.165) is 36.0 Å². The van der Waals surface area contributed by atoms with Crippen LogP contribution in [0.15, 0.2) is 42.5 Å². The van der Waals surface area contributed by atoms with Crippen LogP contribution in [-0.4, -0.2) is 25.0 Å². The molecule has 1 aliphatic heterocycles. The predicted molar refractivity (Wildman–Crippen MR) is 85.9 cm³/mol. The Balaban J connectivity index is 2.09. The fourth-order valence-electron chi connectivity index (χ4n) is 2.72. The van der Waals surface area contributed by atoms with Gasteiger partial charge in [0.2, 0.25) is 0 Å². The Labute approximate surface area is 130 Å². The zero-order valence-corrected chi connectivity index (χ0v) is 12.6. The number of nitriles is 1. The molecule has 0 unspecified atom stereocenters. The monoisotopic (exact) mass is 297 g/mol. The fourth-order valence-corrected chi connectivity index (χ4v) is 2.90. The third kappa shape index (κ3) is 2.87. The number of fused-ring (bicyclic) bond motifs is 1. The number of anilines is 2. The van der Waals surface area contributed by atoms with Gasteiger partial charge in [0, 0.05) is 36.0 Å². The summed E-state index contributed by atoms with van der Waals surface area (Å²) in [6.45, 7) is 2.71. The van der Waals surface area contributed by atoms with E-state index in [9.17, 15) is 0 Å². The molecule has 0 radical (unpaired) electrons. The largest absolute Gasteiger partial charge is 0.340 e. The van der Waals surface area contributed by atoms with Gasteiger partial charge in [0.25, 0.3) is 0 Å². The minimum atomic E-state index is 0.704. The first-order valence-electron chi connectivity index (χ1n) is 6.92. The van der Waals surface area contributed by atoms with Crippen LogP contribution < -0.4 is 4.90 Å². The zero-order valence-electron chi connectivity index (χ0n) is 11.9. The highest BCUT2D eigenvalue weighted by Gasteiger charge is 2.19. The average Bonchev–Trinajstić information content (AvgIpc) is 2.64. The van der Waals surface area contributed by atoms with E-state index in [-0.39, 0.29) is 0 Å². The van der Waals surface area contributed by atoms with Crippen molar-refractivity contribution in [3.05, 3.63) is 58.6 Å². The molecule has 0 amide bonds. The quantitative estimate of drug-likeness (QED) is 0.802. The molecule has 4 heteroatoms. The number of likely N-dealkylation sites (N-methyl/N-ethyl adjacent to an activating group) is 1. The lowest BCUT2D eigenvalue weighted by Crippen LogP contribution is -2.26. The van der Waals surface area contributed by atoms with Gasteiger partial charge in [0.1, 0.15) is 0 Å². The van der Waals surface area contributed by atoms with Crippen LogP contribution in [-0.2, 0) is 6.54 Å². The molecule has 0 bridgehead atoms. The average molecular weight is 298 g/mol. The number of rotatable bonds is 1. The molecule has 3 rings (SSSR count). The third-order valence-electron chi connectivity index (χ3n) is 3.76. The van der Waals surface area contributed by atoms with Crippen molar-refractivity contribution in [2.24, 2.45) is 0 Å². The molecule has 0 aliphatic carbocycles. The molecule has 0 atom stereocenters. The molecule has 0 N–H and O–H groups in total. The Morgan fingerprint density at radius 2 is 2.00 bits per heavy atom. The van der Waals surface area contributed by atoms with Crippen LogP contribution in [0.25, 0.3) is 0 Å². The van der Waals surface area contributed by atoms with Gasteiger partial charge < -0.3 is 9.80 Å². The maximum Gasteiger partial charge on any atom is 0.0991 e. The Morgan fingerprint density at radius 3 is 2.76 bits per heavy atom. The van der Waals surface area contributed by atoms with Crippen LogP contribution in [0.1, 0.15) is 11.1 Å². The van der Waals surface area contributed by atoms with Crippen molar-refractivity contribution in [1.29, 1.82) is 5.26 Å². The molecule has 21 heavy (non-hydrogen) atoms. The van der Waals surface area contributed by atoms with Crippen molar-refractivity contribution in [3.8, 4) is 6.07 Å². The fraction of sp³-hybridized carbons (Fsp3) is 0.235. The minimum Gasteiger partial charge on any atom is -0.340 e. The molecule has 0 saturated heterocycles. The van der Waals surface area contributed by atoms with Crippen molar-refractivity contribution in [3.63, 3.8) is 0 Å². The van der Waals surface area contributed by atoms with Gasteiger partial charge >= 0.3 is 0 Å². The Bertz CT molecular complexity index is 705. The van der Waals surface area contributed by atoms with Crippen molar-refractivity contribution in [1.82, 2.24) is 4.90 Å². The lowest BCUT2D eigenvalue weighted by Gasteiger charge is -2.25. The molecule has 106 valence electrons. The van der Waals surface area contributed by atoms with Crippen LogP contribution in [0, 0.1) is 11.3 Å². The summed E-state index contributed by atoms with van der Waals surface area (Å²) in [5.41, 5.74) is 4.12. The molecule has 2 aromatic carbocycles. The van der Waals surface area contributed by atoms with E-state index >= 15 is 0 Å². The second kappa shape index (κ2) is 5.77. The number of benzene rings is 2. The van der Waals surface area contributed by atoms with Gasteiger partial charge in [-0.1, -0.05) is 17.7 Å². The number of nitrogens with zero attached hydrogens (tertiary/aromatic N) is 3. The lowest BCUT2D eigenvalue weighted by molar-refractivity contribution is 0.343. The first-order chi connectivity index (χ1) is 10.2. The topological polar surface area (TPSA) is 30.3 Å². The molecule has 3 nitrogen and oxygen atoms in total. The van der Waals surface area contributed by atoms with Gasteiger partial charge in [-0.05, 0) is 49.0 Å². The van der Waals surface area contributed by atoms with E-state index in [2.05, 4.69) is 29.0 Å². The maximum atomic E-state index is 9.10. The van der Waals surface area contributed by atoms with E-state index in [1.54, 1.807) is 0 Å². The van der Waals surface area contributed by atoms with Gasteiger partial charge in [-0.3, -0.25) is 0 Å². The standard InChI is InChI=1S/C17H16ClN3/c1-20-7-8-21(16-4-2-3-15(18)10-16)17-6-5-13(11-19)9-14(17)12-20/h2-6,9-10H,7-8,12H2,1H3. The maximum absolute atomic E-state index is 9.10. The van der Waals surface area contributed by atoms with Crippen LogP contribution in [0.4, 0.5) is 11.4 Å². The van der Waals surface area contributed by atoms with Crippen molar-refractivity contribution >= 4 is 23.0 Å². The summed E-state index contributed by atoms with van der Waals surface area (Å²) < 4.78 is 0. The SMILES string of the molecule is CN1CCN(c2cccc(Cl)c2)c2ccc(C#N)cc2C1. The van der Waals surface area contributed by atoms with E-state index in [1.165, 1.54) is 5.56 Å². The second-order valence-corrected chi connectivity index (χ2v) is 5.76. The second-order valence-electron chi connectivity index (χ2n) is 5.32. The van der Waals surface area contributed by atoms with Crippen LogP contribution in [0.3, 0.4) is 0 Å². The van der Waals surface area contributed by atoms with Gasteiger partial charge in [-0.2, -0.15) is 5.26 Å². The molecule has 0 aromatic heterocycles. The van der Waals surface area contributed by atoms with Crippen molar-refractivity contribution in [2.75, 3.05) is 25.0 Å². The Morgan fingerprint density at radius 1 is 1.14 bits per heavy atom. The number of hydrogen-bond donors (Lipinski definition) is 0. The highest BCUT2D eigenvalue weighted by Crippen LogP contribution is 2.33. The van der Waals surface area contributed by atoms with Crippen LogP contribution in [0.2, 0.25) is 5.02 Å². The Kier molecular flexibility index (Phi) is 3.83. The molecule has 0 spiro atoms. The normalized spacial score (nSPS) is 15.2. The van der Waals surface area contributed by atoms with E-state index in [4.69, 9.17) is 16.9 Å². The molecule has 1 heterocycles. The summed E-state index contributed by atoms with van der Waals surface area (Å²) in [5.74, 6) is 0. The molecule has 1 aliphatic rings. The first-order valence-corrected chi connectivity index (χ1v) is 7.30. The highest BCUT2D eigenvalue weighted by atomic mass is 35.5. The predicted octanol–water partition coefficient (Wildman–Crippen LogP) is 3.80. The third-order valence-corrected chi connectivity index (χ3v) is 4.00. The summed E-state index contributed by atoms with van der Waals surface area (Å²) in [5, 5.41) is 9.84. The Hall–Kier alpha value is -2.02. The summed E-state index contributed by atoms with van der Waals surface area (Å²) in [7, 11) is 2.10. The van der Waals surface area contributed by atoms with Crippen LogP contribution >= 0.6 is 11.6 Å². The van der Waals surface area contributed by atoms with Gasteiger partial charge in [0.05, 0.1) is 11.6 Å². The molecule has 2 aromatic rings. The number of hydrogen-bond acceptors (Lipinski definition) is 3. The first kappa shape index (κ1) is 13.9. The highest BCUT2D eigenvalue weighted by molar-refractivity contribution is 6.30. The van der Waals surface area contributed by atoms with Gasteiger partial charge in [0.15, 0.2) is 0 Å².